The number of benzene rings is 1. The zero-order valence-corrected chi connectivity index (χ0v) is 14.6. The predicted molar refractivity (Wildman–Crippen MR) is 98.4 cm³/mol. The van der Waals surface area contributed by atoms with Crippen LogP contribution in [0.5, 0.6) is 0 Å². The fraction of sp³-hybridized carbons (Fsp3) is 0.444. The lowest BCUT2D eigenvalue weighted by Crippen LogP contribution is -2.40. The van der Waals surface area contributed by atoms with Gasteiger partial charge in [0.05, 0.1) is 5.69 Å². The van der Waals surface area contributed by atoms with Crippen LogP contribution >= 0.6 is 11.6 Å². The number of nitrogens with two attached hydrogens (primary N) is 1. The first kappa shape index (κ1) is 15.7. The quantitative estimate of drug-likeness (QED) is 0.877. The van der Waals surface area contributed by atoms with Gasteiger partial charge in [-0.05, 0) is 44.4 Å². The Morgan fingerprint density at radius 1 is 1.29 bits per heavy atom. The van der Waals surface area contributed by atoms with Crippen LogP contribution in [0.2, 0.25) is 5.02 Å². The third kappa shape index (κ3) is 2.82. The van der Waals surface area contributed by atoms with Crippen LogP contribution in [-0.2, 0) is 0 Å². The number of hydrogen-bond acceptors (Lipinski definition) is 5. The van der Waals surface area contributed by atoms with E-state index in [1.807, 2.05) is 24.3 Å². The minimum Gasteiger partial charge on any atom is -0.368 e. The van der Waals surface area contributed by atoms with E-state index in [9.17, 15) is 0 Å². The van der Waals surface area contributed by atoms with E-state index >= 15 is 0 Å². The van der Waals surface area contributed by atoms with Crippen LogP contribution in [0.3, 0.4) is 0 Å². The van der Waals surface area contributed by atoms with E-state index < -0.39 is 0 Å². The van der Waals surface area contributed by atoms with Gasteiger partial charge in [-0.1, -0.05) is 23.7 Å². The fourth-order valence-corrected chi connectivity index (χ4v) is 4.16. The highest BCUT2D eigenvalue weighted by Crippen LogP contribution is 2.34. The molecule has 3 heterocycles. The summed E-state index contributed by atoms with van der Waals surface area (Å²) in [6.07, 6.45) is 2.54. The van der Waals surface area contributed by atoms with Gasteiger partial charge in [-0.2, -0.15) is 4.98 Å². The highest BCUT2D eigenvalue weighted by atomic mass is 35.5. The van der Waals surface area contributed by atoms with E-state index in [0.717, 1.165) is 42.3 Å². The second-order valence-electron chi connectivity index (χ2n) is 6.76. The monoisotopic (exact) mass is 343 g/mol. The molecule has 0 aliphatic carbocycles. The summed E-state index contributed by atoms with van der Waals surface area (Å²) >= 11 is 6.14. The van der Waals surface area contributed by atoms with Crippen LogP contribution in [0, 0.1) is 12.8 Å². The Balaban J connectivity index is 1.72. The predicted octanol–water partition coefficient (Wildman–Crippen LogP) is 2.88. The molecule has 0 spiro atoms. The first-order valence-electron chi connectivity index (χ1n) is 8.50. The maximum atomic E-state index is 6.14. The van der Waals surface area contributed by atoms with Crippen molar-refractivity contribution in [3.63, 3.8) is 0 Å². The molecule has 2 saturated heterocycles. The van der Waals surface area contributed by atoms with E-state index in [4.69, 9.17) is 17.3 Å². The molecule has 2 aromatic rings. The lowest BCUT2D eigenvalue weighted by molar-refractivity contribution is 0.340. The number of nitrogens with one attached hydrogen (secondary N) is 1. The number of fused-ring (bicyclic) bond motifs is 1. The highest BCUT2D eigenvalue weighted by molar-refractivity contribution is 6.30. The van der Waals surface area contributed by atoms with E-state index in [2.05, 4.69) is 27.1 Å². The molecule has 2 atom stereocenters. The average Bonchev–Trinajstić information content (AvgIpc) is 3.00. The van der Waals surface area contributed by atoms with Crippen molar-refractivity contribution < 1.29 is 0 Å². The molecule has 0 radical (unpaired) electrons. The Hall–Kier alpha value is -1.85. The first-order chi connectivity index (χ1) is 11.6. The number of hydrogen-bond donors (Lipinski definition) is 2. The highest BCUT2D eigenvalue weighted by Gasteiger charge is 2.35. The lowest BCUT2D eigenvalue weighted by atomic mass is 9.94. The molecule has 126 valence electrons. The van der Waals surface area contributed by atoms with Crippen molar-refractivity contribution in [3.05, 3.63) is 34.9 Å². The van der Waals surface area contributed by atoms with Gasteiger partial charge in [-0.3, -0.25) is 0 Å². The van der Waals surface area contributed by atoms with Crippen molar-refractivity contribution in [1.82, 2.24) is 15.3 Å². The number of halogens is 1. The molecule has 2 fully saturated rings. The molecule has 0 amide bonds. The normalized spacial score (nSPS) is 23.3. The number of aromatic nitrogens is 2. The lowest BCUT2D eigenvalue weighted by Gasteiger charge is -2.24. The van der Waals surface area contributed by atoms with E-state index in [1.54, 1.807) is 0 Å². The molecule has 5 nitrogen and oxygen atoms in total. The summed E-state index contributed by atoms with van der Waals surface area (Å²) in [6, 6.07) is 8.29. The third-order valence-corrected chi connectivity index (χ3v) is 5.37. The Kier molecular flexibility index (Phi) is 4.06. The number of nitrogens with zero attached hydrogens (tertiary/aromatic N) is 3. The maximum Gasteiger partial charge on any atom is 0.222 e. The van der Waals surface area contributed by atoms with E-state index in [1.165, 1.54) is 12.8 Å². The van der Waals surface area contributed by atoms with Gasteiger partial charge in [-0.15, -0.1) is 0 Å². The second kappa shape index (κ2) is 6.22. The third-order valence-electron chi connectivity index (χ3n) is 5.13. The van der Waals surface area contributed by atoms with Gasteiger partial charge in [-0.25, -0.2) is 4.98 Å². The Morgan fingerprint density at radius 3 is 2.96 bits per heavy atom. The fourth-order valence-electron chi connectivity index (χ4n) is 3.97. The smallest absolute Gasteiger partial charge is 0.222 e. The largest absolute Gasteiger partial charge is 0.368 e. The van der Waals surface area contributed by atoms with Crippen molar-refractivity contribution in [2.24, 2.45) is 5.92 Å². The molecular weight excluding hydrogens is 322 g/mol. The van der Waals surface area contributed by atoms with Crippen LogP contribution in [0.1, 0.15) is 18.4 Å². The number of rotatable bonds is 2. The standard InChI is InChI=1S/C18H22ClN5/c1-11-16(12-4-2-6-14(19)8-12)22-18(20)23-17(11)24-9-13-5-3-7-21-15(13)10-24/h2,4,6,8,13,15,21H,3,5,7,9-10H2,1H3,(H2,20,22,23). The molecule has 3 N–H and O–H groups in total. The topological polar surface area (TPSA) is 67.1 Å². The van der Waals surface area contributed by atoms with Gasteiger partial charge in [0, 0.05) is 35.3 Å². The van der Waals surface area contributed by atoms with Crippen molar-refractivity contribution in [3.8, 4) is 11.3 Å². The van der Waals surface area contributed by atoms with Crippen LogP contribution in [0.4, 0.5) is 11.8 Å². The van der Waals surface area contributed by atoms with Crippen molar-refractivity contribution >= 4 is 23.4 Å². The summed E-state index contributed by atoms with van der Waals surface area (Å²) in [5.74, 6) is 1.96. The van der Waals surface area contributed by atoms with Crippen molar-refractivity contribution in [2.45, 2.75) is 25.8 Å². The van der Waals surface area contributed by atoms with Crippen LogP contribution in [0.25, 0.3) is 11.3 Å². The van der Waals surface area contributed by atoms with Crippen LogP contribution in [0.15, 0.2) is 24.3 Å². The van der Waals surface area contributed by atoms with Gasteiger partial charge < -0.3 is 16.0 Å². The Bertz CT molecular complexity index is 749. The summed E-state index contributed by atoms with van der Waals surface area (Å²) in [5.41, 5.74) is 8.92. The van der Waals surface area contributed by atoms with E-state index in [0.29, 0.717) is 22.9 Å². The molecule has 2 unspecified atom stereocenters. The van der Waals surface area contributed by atoms with Gasteiger partial charge in [0.1, 0.15) is 5.82 Å². The number of piperidine rings is 1. The summed E-state index contributed by atoms with van der Waals surface area (Å²) in [5, 5.41) is 4.33. The SMILES string of the molecule is Cc1c(-c2cccc(Cl)c2)nc(N)nc1N1CC2CCCNC2C1. The molecule has 4 rings (SSSR count). The summed E-state index contributed by atoms with van der Waals surface area (Å²) < 4.78 is 0. The maximum absolute atomic E-state index is 6.14. The number of nitrogen functional groups attached to an aromatic ring is 1. The minimum atomic E-state index is 0.313. The van der Waals surface area contributed by atoms with Gasteiger partial charge in [0.15, 0.2) is 0 Å². The zero-order valence-electron chi connectivity index (χ0n) is 13.8. The van der Waals surface area contributed by atoms with E-state index in [-0.39, 0.29) is 0 Å². The Labute approximate surface area is 147 Å². The summed E-state index contributed by atoms with van der Waals surface area (Å²) in [7, 11) is 0. The molecular formula is C18H22ClN5. The molecule has 6 heteroatoms. The van der Waals surface area contributed by atoms with Gasteiger partial charge in [0.25, 0.3) is 0 Å². The first-order valence-corrected chi connectivity index (χ1v) is 8.88. The molecule has 2 aliphatic rings. The van der Waals surface area contributed by atoms with Crippen LogP contribution in [-0.4, -0.2) is 35.6 Å². The molecule has 24 heavy (non-hydrogen) atoms. The molecule has 0 saturated carbocycles. The van der Waals surface area contributed by atoms with Gasteiger partial charge >= 0.3 is 0 Å². The van der Waals surface area contributed by atoms with Crippen LogP contribution < -0.4 is 16.0 Å². The zero-order chi connectivity index (χ0) is 16.7. The Morgan fingerprint density at radius 2 is 2.17 bits per heavy atom. The number of anilines is 2. The molecule has 0 bridgehead atoms. The summed E-state index contributed by atoms with van der Waals surface area (Å²) in [6.45, 7) is 5.20. The summed E-state index contributed by atoms with van der Waals surface area (Å²) in [4.78, 5) is 11.4. The van der Waals surface area contributed by atoms with Gasteiger partial charge in [0.2, 0.25) is 5.95 Å². The van der Waals surface area contributed by atoms with Crippen molar-refractivity contribution in [2.75, 3.05) is 30.3 Å². The molecule has 1 aromatic heterocycles. The second-order valence-corrected chi connectivity index (χ2v) is 7.19. The minimum absolute atomic E-state index is 0.313. The van der Waals surface area contributed by atoms with Crippen molar-refractivity contribution in [1.29, 1.82) is 0 Å². The molecule has 1 aromatic carbocycles. The average molecular weight is 344 g/mol. The molecule has 2 aliphatic heterocycles.